The van der Waals surface area contributed by atoms with Gasteiger partial charge in [-0.25, -0.2) is 8.78 Å². The molecular weight excluding hydrogens is 307 g/mol. The third kappa shape index (κ3) is 3.60. The Bertz CT molecular complexity index is 695. The Labute approximate surface area is 122 Å². The van der Waals surface area contributed by atoms with Crippen LogP contribution in [-0.2, 0) is 6.61 Å². The fraction of sp³-hybridized carbons (Fsp3) is 0.133. The molecule has 0 N–H and O–H groups in total. The minimum Gasteiger partial charge on any atom is -0.486 e. The number of ketones is 1. The summed E-state index contributed by atoms with van der Waals surface area (Å²) in [7, 11) is 0. The van der Waals surface area contributed by atoms with E-state index in [1.807, 2.05) is 0 Å². The zero-order chi connectivity index (χ0) is 16.3. The van der Waals surface area contributed by atoms with Crippen molar-refractivity contribution in [2.75, 3.05) is 0 Å². The van der Waals surface area contributed by atoms with Crippen LogP contribution in [-0.4, -0.2) is 12.0 Å². The largest absolute Gasteiger partial charge is 0.486 e. The van der Waals surface area contributed by atoms with Crippen molar-refractivity contribution in [1.82, 2.24) is 0 Å². The lowest BCUT2D eigenvalue weighted by molar-refractivity contribution is -0.0886. The molecule has 22 heavy (non-hydrogen) atoms. The van der Waals surface area contributed by atoms with E-state index in [0.717, 1.165) is 18.2 Å². The van der Waals surface area contributed by atoms with Crippen molar-refractivity contribution < 1.29 is 31.5 Å². The van der Waals surface area contributed by atoms with E-state index >= 15 is 0 Å². The lowest BCUT2D eigenvalue weighted by atomic mass is 10.0. The zero-order valence-electron chi connectivity index (χ0n) is 11.0. The standard InChI is InChI=1S/C15H9F5O2/c16-10-5-6-13(12(17)7-10)22-8-9-3-1-2-4-11(9)14(21)15(18,19)20/h1-7H,8H2. The maximum atomic E-state index is 13.4. The molecule has 0 aromatic heterocycles. The molecule has 0 spiro atoms. The summed E-state index contributed by atoms with van der Waals surface area (Å²) in [6, 6.07) is 7.52. The molecule has 116 valence electrons. The van der Waals surface area contributed by atoms with Crippen LogP contribution in [0, 0.1) is 11.6 Å². The van der Waals surface area contributed by atoms with Gasteiger partial charge in [-0.1, -0.05) is 24.3 Å². The molecule has 7 heteroatoms. The van der Waals surface area contributed by atoms with Crippen LogP contribution >= 0.6 is 0 Å². The predicted molar refractivity (Wildman–Crippen MR) is 67.5 cm³/mol. The van der Waals surface area contributed by atoms with Crippen LogP contribution < -0.4 is 4.74 Å². The molecule has 0 saturated heterocycles. The molecule has 0 atom stereocenters. The van der Waals surface area contributed by atoms with Crippen LogP contribution in [0.15, 0.2) is 42.5 Å². The van der Waals surface area contributed by atoms with Crippen molar-refractivity contribution in [1.29, 1.82) is 0 Å². The van der Waals surface area contributed by atoms with E-state index < -0.39 is 35.8 Å². The Hall–Kier alpha value is -2.44. The van der Waals surface area contributed by atoms with Crippen molar-refractivity contribution in [2.24, 2.45) is 0 Å². The van der Waals surface area contributed by atoms with E-state index in [2.05, 4.69) is 0 Å². The van der Waals surface area contributed by atoms with Gasteiger partial charge < -0.3 is 4.74 Å². The molecule has 2 aromatic carbocycles. The van der Waals surface area contributed by atoms with Crippen molar-refractivity contribution in [3.8, 4) is 5.75 Å². The molecule has 2 rings (SSSR count). The fourth-order valence-corrected chi connectivity index (χ4v) is 1.77. The van der Waals surface area contributed by atoms with E-state index in [4.69, 9.17) is 4.74 Å². The summed E-state index contributed by atoms with van der Waals surface area (Å²) in [5.41, 5.74) is -0.619. The van der Waals surface area contributed by atoms with Gasteiger partial charge in [0.2, 0.25) is 0 Å². The third-order valence-electron chi connectivity index (χ3n) is 2.80. The normalized spacial score (nSPS) is 11.3. The number of Topliss-reactive ketones (excluding diaryl/α,β-unsaturated/α-hetero) is 1. The molecule has 0 saturated carbocycles. The quantitative estimate of drug-likeness (QED) is 0.621. The number of hydrogen-bond donors (Lipinski definition) is 0. The molecule has 2 nitrogen and oxygen atoms in total. The number of carbonyl (C=O) groups is 1. The van der Waals surface area contributed by atoms with E-state index in [1.165, 1.54) is 18.2 Å². The molecule has 0 aliphatic heterocycles. The summed E-state index contributed by atoms with van der Waals surface area (Å²) in [5.74, 6) is -4.13. The van der Waals surface area contributed by atoms with E-state index in [1.54, 1.807) is 0 Å². The Morgan fingerprint density at radius 3 is 2.36 bits per heavy atom. The molecule has 0 fully saturated rings. The molecular formula is C15H9F5O2. The molecule has 0 unspecified atom stereocenters. The first-order valence-corrected chi connectivity index (χ1v) is 6.06. The van der Waals surface area contributed by atoms with Crippen LogP contribution in [0.2, 0.25) is 0 Å². The second kappa shape index (κ2) is 6.13. The third-order valence-corrected chi connectivity index (χ3v) is 2.80. The fourth-order valence-electron chi connectivity index (χ4n) is 1.77. The lowest BCUT2D eigenvalue weighted by Gasteiger charge is -2.12. The average molecular weight is 316 g/mol. The summed E-state index contributed by atoms with van der Waals surface area (Å²) in [5, 5.41) is 0. The van der Waals surface area contributed by atoms with Gasteiger partial charge in [0, 0.05) is 17.2 Å². The van der Waals surface area contributed by atoms with Crippen LogP contribution in [0.1, 0.15) is 15.9 Å². The first-order valence-electron chi connectivity index (χ1n) is 6.06. The number of ether oxygens (including phenoxy) is 1. The highest BCUT2D eigenvalue weighted by Gasteiger charge is 2.40. The predicted octanol–water partition coefficient (Wildman–Crippen LogP) is 4.29. The summed E-state index contributed by atoms with van der Waals surface area (Å²) in [6.45, 7) is -0.458. The van der Waals surface area contributed by atoms with Gasteiger partial charge in [0.25, 0.3) is 5.78 Å². The van der Waals surface area contributed by atoms with E-state index in [-0.39, 0.29) is 11.3 Å². The lowest BCUT2D eigenvalue weighted by Crippen LogP contribution is -2.24. The highest BCUT2D eigenvalue weighted by atomic mass is 19.4. The highest BCUT2D eigenvalue weighted by Crippen LogP contribution is 2.25. The second-order valence-electron chi connectivity index (χ2n) is 4.35. The summed E-state index contributed by atoms with van der Waals surface area (Å²) in [6.07, 6.45) is -5.02. The zero-order valence-corrected chi connectivity index (χ0v) is 11.0. The van der Waals surface area contributed by atoms with Crippen LogP contribution in [0.4, 0.5) is 22.0 Å². The maximum absolute atomic E-state index is 13.4. The van der Waals surface area contributed by atoms with Crippen molar-refractivity contribution in [3.63, 3.8) is 0 Å². The minimum atomic E-state index is -5.02. The van der Waals surface area contributed by atoms with Gasteiger partial charge in [-0.15, -0.1) is 0 Å². The van der Waals surface area contributed by atoms with Crippen LogP contribution in [0.25, 0.3) is 0 Å². The van der Waals surface area contributed by atoms with Gasteiger partial charge in [-0.3, -0.25) is 4.79 Å². The molecule has 0 heterocycles. The molecule has 2 aromatic rings. The van der Waals surface area contributed by atoms with Gasteiger partial charge in [0.1, 0.15) is 12.4 Å². The Kier molecular flexibility index (Phi) is 4.44. The number of carbonyl (C=O) groups excluding carboxylic acids is 1. The number of benzene rings is 2. The van der Waals surface area contributed by atoms with Crippen molar-refractivity contribution in [2.45, 2.75) is 12.8 Å². The Morgan fingerprint density at radius 2 is 1.73 bits per heavy atom. The average Bonchev–Trinajstić information content (AvgIpc) is 2.45. The highest BCUT2D eigenvalue weighted by molar-refractivity contribution is 6.01. The van der Waals surface area contributed by atoms with Gasteiger partial charge in [-0.05, 0) is 12.1 Å². The Balaban J connectivity index is 2.22. The molecule has 0 bridgehead atoms. The van der Waals surface area contributed by atoms with E-state index in [0.29, 0.717) is 6.07 Å². The molecule has 0 radical (unpaired) electrons. The SMILES string of the molecule is O=C(c1ccccc1COc1ccc(F)cc1F)C(F)(F)F. The molecule has 0 amide bonds. The molecule has 0 aliphatic carbocycles. The number of halogens is 5. The van der Waals surface area contributed by atoms with Crippen molar-refractivity contribution in [3.05, 3.63) is 65.2 Å². The van der Waals surface area contributed by atoms with E-state index in [9.17, 15) is 26.7 Å². The first-order chi connectivity index (χ1) is 10.3. The maximum Gasteiger partial charge on any atom is 0.454 e. The van der Waals surface area contributed by atoms with Crippen LogP contribution in [0.5, 0.6) is 5.75 Å². The van der Waals surface area contributed by atoms with Crippen molar-refractivity contribution >= 4 is 5.78 Å². The van der Waals surface area contributed by atoms with Crippen LogP contribution in [0.3, 0.4) is 0 Å². The number of alkyl halides is 3. The smallest absolute Gasteiger partial charge is 0.454 e. The molecule has 0 aliphatic rings. The minimum absolute atomic E-state index is 0.0476. The van der Waals surface area contributed by atoms with Gasteiger partial charge in [0.15, 0.2) is 11.6 Å². The second-order valence-corrected chi connectivity index (χ2v) is 4.35. The van der Waals surface area contributed by atoms with Gasteiger partial charge >= 0.3 is 6.18 Å². The summed E-state index contributed by atoms with van der Waals surface area (Å²) in [4.78, 5) is 11.3. The monoisotopic (exact) mass is 316 g/mol. The first kappa shape index (κ1) is 15.9. The number of rotatable bonds is 4. The summed E-state index contributed by atoms with van der Waals surface area (Å²) < 4.78 is 68.6. The van der Waals surface area contributed by atoms with Gasteiger partial charge in [0.05, 0.1) is 0 Å². The Morgan fingerprint density at radius 1 is 1.05 bits per heavy atom. The van der Waals surface area contributed by atoms with Gasteiger partial charge in [-0.2, -0.15) is 13.2 Å². The number of hydrogen-bond acceptors (Lipinski definition) is 2. The summed E-state index contributed by atoms with van der Waals surface area (Å²) >= 11 is 0. The topological polar surface area (TPSA) is 26.3 Å².